The van der Waals surface area contributed by atoms with E-state index in [-0.39, 0.29) is 0 Å². The van der Waals surface area contributed by atoms with Gasteiger partial charge in [-0.2, -0.15) is 0 Å². The highest BCUT2D eigenvalue weighted by Gasteiger charge is 2.31. The van der Waals surface area contributed by atoms with Gasteiger partial charge >= 0.3 is 0 Å². The van der Waals surface area contributed by atoms with Crippen molar-refractivity contribution in [1.29, 1.82) is 0 Å². The fourth-order valence-corrected chi connectivity index (χ4v) is 27.8. The molecule has 0 spiro atoms. The average molecular weight is 1950 g/mol. The maximum Gasteiger partial charge on any atom is 0.145 e. The summed E-state index contributed by atoms with van der Waals surface area (Å²) < 4.78 is 42.4. The van der Waals surface area contributed by atoms with E-state index in [1.807, 2.05) is 40.9 Å². The second-order valence-electron chi connectivity index (χ2n) is 39.4. The second-order valence-corrected chi connectivity index (χ2v) is 41.5. The van der Waals surface area contributed by atoms with Crippen LogP contribution in [0.3, 0.4) is 0 Å². The molecule has 12 heterocycles. The first-order chi connectivity index (χ1) is 74.5. The van der Waals surface area contributed by atoms with Gasteiger partial charge in [-0.05, 0) is 230 Å². The SMILES string of the molecule is c1ccc(-n2c3ccc4c5ccccc5oc4c3c3ccc4c(c5ccccc5n4-c4cccc(-c5ccc6sc7ccccc7c6c5)c4)c32)cc1.c1ccc(-n2c3ccc4c5ccccc5oc4c3c3ccc4c(c5ccccc5n4-c4cccc5c4sc4ccccc45)c32)cc1.c1ccc(-n2c3ccccc3c3c(-n4c5ccccc5c5c4ccc4c6c7oc8ccccc8c7ccc6n(-c6ccccc6)c45)cccc32)cc1. The number of thiophene rings is 2. The van der Waals surface area contributed by atoms with Gasteiger partial charge in [-0.3, -0.25) is 0 Å². The highest BCUT2D eigenvalue weighted by atomic mass is 32.1. The van der Waals surface area contributed by atoms with Gasteiger partial charge in [0.25, 0.3) is 0 Å². The van der Waals surface area contributed by atoms with Gasteiger partial charge in [-0.1, -0.05) is 273 Å². The molecular weight excluding hydrogens is 1870 g/mol. The molecule has 0 saturated heterocycles. The van der Waals surface area contributed by atoms with Gasteiger partial charge in [0.15, 0.2) is 0 Å². The van der Waals surface area contributed by atoms with Gasteiger partial charge in [0.2, 0.25) is 0 Å². The molecule has 0 aliphatic rings. The van der Waals surface area contributed by atoms with Gasteiger partial charge in [0, 0.05) is 156 Å². The third-order valence-corrected chi connectivity index (χ3v) is 34.0. The van der Waals surface area contributed by atoms with Crippen molar-refractivity contribution in [3.8, 4) is 50.9 Å². The van der Waals surface area contributed by atoms with Gasteiger partial charge in [-0.15, -0.1) is 22.7 Å². The smallest absolute Gasteiger partial charge is 0.145 e. The number of nitrogens with zero attached hydrogens (tertiary/aromatic N) is 7. The molecule has 0 saturated carbocycles. The number of furan rings is 3. The number of rotatable bonds is 8. The normalized spacial score (nSPS) is 12.3. The predicted molar refractivity (Wildman–Crippen MR) is 633 cm³/mol. The summed E-state index contributed by atoms with van der Waals surface area (Å²) in [5.74, 6) is 0. The highest BCUT2D eigenvalue weighted by Crippen LogP contribution is 2.54. The van der Waals surface area contributed by atoms with E-state index in [9.17, 15) is 0 Å². The summed E-state index contributed by atoms with van der Waals surface area (Å²) in [4.78, 5) is 0. The lowest BCUT2D eigenvalue weighted by Crippen LogP contribution is -1.97. The fraction of sp³-hybridized carbons (Fsp3) is 0. The number of para-hydroxylation sites is 11. The monoisotopic (exact) mass is 1950 g/mol. The molecule has 0 bridgehead atoms. The van der Waals surface area contributed by atoms with Gasteiger partial charge in [0.1, 0.15) is 33.5 Å². The Morgan fingerprint density at radius 3 is 0.900 bits per heavy atom. The van der Waals surface area contributed by atoms with Gasteiger partial charge in [-0.25, -0.2) is 0 Å². The molecule has 10 nitrogen and oxygen atoms in total. The van der Waals surface area contributed by atoms with E-state index in [0.717, 1.165) is 133 Å². The van der Waals surface area contributed by atoms with Crippen molar-refractivity contribution in [3.05, 3.63) is 491 Å². The fourth-order valence-electron chi connectivity index (χ4n) is 25.5. The number of hydrogen-bond acceptors (Lipinski definition) is 5. The molecule has 0 aliphatic heterocycles. The van der Waals surface area contributed by atoms with Crippen molar-refractivity contribution in [2.75, 3.05) is 0 Å². The standard InChI is InChI=1S/C48H29N3O.C48H28N2OS.C42H24N2OS/c1-3-14-30(15-4-1)49-37-21-10-7-19-34(37)44-39(49)23-13-24-40(44)51-38-22-11-8-20-35(38)45-41(51)29-27-36-46-42(50(47(36)45)31-16-5-2-6-17-31)28-26-33-32-18-9-12-25-43(32)52-48(33)46;1-2-12-31(13-3-1)50-41-24-22-35-33-15-5-8-19-42(33)51-48(35)46(41)37-23-25-40-45(47(37)50)36-17-4-7-18-39(36)49(40)32-14-10-11-29(27-32)30-21-26-44-38(28-30)34-16-6-9-20-43(34)52-44;1-2-11-25(12-3-1)43-34-23-21-28-26-13-5-8-19-36(26)45-41(28)39(34)31-22-24-33-38(40(31)43)30-15-4-7-17-32(30)44(33)35-18-10-16-29-27-14-6-9-20-37(27)46-42(29)35/h1-29H;1-28H;1-24H. The maximum absolute atomic E-state index is 6.70. The zero-order valence-electron chi connectivity index (χ0n) is 80.4. The Balaban J connectivity index is 0.0000000976. The molecule has 35 rings (SSSR count). The van der Waals surface area contributed by atoms with E-state index in [0.29, 0.717) is 0 Å². The Morgan fingerprint density at radius 1 is 0.147 bits per heavy atom. The Morgan fingerprint density at radius 2 is 0.440 bits per heavy atom. The van der Waals surface area contributed by atoms with Crippen molar-refractivity contribution in [2.24, 2.45) is 0 Å². The maximum atomic E-state index is 6.70. The Bertz CT molecular complexity index is 11900. The molecule has 150 heavy (non-hydrogen) atoms. The third kappa shape index (κ3) is 11.8. The number of benzene rings is 23. The molecule has 12 heteroatoms. The molecule has 0 unspecified atom stereocenters. The number of hydrogen-bond donors (Lipinski definition) is 0. The van der Waals surface area contributed by atoms with Crippen LogP contribution in [0.5, 0.6) is 0 Å². The van der Waals surface area contributed by atoms with Crippen molar-refractivity contribution in [3.63, 3.8) is 0 Å². The van der Waals surface area contributed by atoms with E-state index in [1.165, 1.54) is 177 Å². The third-order valence-electron chi connectivity index (χ3n) is 31.6. The quantitative estimate of drug-likeness (QED) is 0.152. The van der Waals surface area contributed by atoms with E-state index < -0.39 is 0 Å². The van der Waals surface area contributed by atoms with Gasteiger partial charge in [0.05, 0.1) is 109 Å². The molecule has 698 valence electrons. The molecule has 0 aliphatic carbocycles. The van der Waals surface area contributed by atoms with Crippen LogP contribution in [0.1, 0.15) is 0 Å². The summed E-state index contributed by atoms with van der Waals surface area (Å²) >= 11 is 3.74. The summed E-state index contributed by atoms with van der Waals surface area (Å²) in [6, 6.07) is 178. The van der Waals surface area contributed by atoms with Crippen LogP contribution in [0.15, 0.2) is 505 Å². The Hall–Kier alpha value is -19.5. The average Bonchev–Trinajstić information content (AvgIpc) is 1.53. The molecule has 0 amide bonds. The van der Waals surface area contributed by atoms with Crippen LogP contribution >= 0.6 is 22.7 Å². The highest BCUT2D eigenvalue weighted by molar-refractivity contribution is 7.26. The molecule has 0 N–H and O–H groups in total. The van der Waals surface area contributed by atoms with E-state index in [1.54, 1.807) is 0 Å². The Kier molecular flexibility index (Phi) is 17.7. The molecular formula is C138H81N7O3S2. The lowest BCUT2D eigenvalue weighted by molar-refractivity contribution is 0.672. The molecule has 0 fully saturated rings. The molecule has 0 atom stereocenters. The van der Waals surface area contributed by atoms with E-state index in [2.05, 4.69) is 505 Å². The number of aromatic nitrogens is 7. The van der Waals surface area contributed by atoms with Crippen LogP contribution in [-0.4, -0.2) is 32.0 Å². The minimum Gasteiger partial charge on any atom is -0.455 e. The summed E-state index contributed by atoms with van der Waals surface area (Å²) in [6.45, 7) is 0. The first-order valence-corrected chi connectivity index (χ1v) is 52.7. The van der Waals surface area contributed by atoms with E-state index in [4.69, 9.17) is 13.3 Å². The summed E-state index contributed by atoms with van der Waals surface area (Å²) in [5.41, 5.74) is 32.5. The van der Waals surface area contributed by atoms with Crippen LogP contribution in [0.25, 0.3) is 310 Å². The first kappa shape index (κ1) is 82.9. The van der Waals surface area contributed by atoms with Crippen molar-refractivity contribution in [2.45, 2.75) is 0 Å². The summed E-state index contributed by atoms with van der Waals surface area (Å²) in [5, 5.41) is 28.9. The van der Waals surface area contributed by atoms with Crippen LogP contribution in [0, 0.1) is 0 Å². The lowest BCUT2D eigenvalue weighted by atomic mass is 10.0. The zero-order valence-corrected chi connectivity index (χ0v) is 82.1. The van der Waals surface area contributed by atoms with Crippen molar-refractivity contribution in [1.82, 2.24) is 32.0 Å². The molecule has 23 aromatic carbocycles. The largest absolute Gasteiger partial charge is 0.455 e. The minimum atomic E-state index is 0.908. The van der Waals surface area contributed by atoms with Crippen molar-refractivity contribution < 1.29 is 13.3 Å². The zero-order chi connectivity index (χ0) is 97.8. The van der Waals surface area contributed by atoms with E-state index >= 15 is 0 Å². The topological polar surface area (TPSA) is 73.9 Å². The molecule has 12 aromatic heterocycles. The first-order valence-electron chi connectivity index (χ1n) is 51.1. The molecule has 35 aromatic rings. The minimum absolute atomic E-state index is 0.908. The number of fused-ring (bicyclic) bond motifs is 42. The second kappa shape index (κ2) is 32.0. The van der Waals surface area contributed by atoms with Gasteiger partial charge < -0.3 is 45.2 Å². The Labute approximate surface area is 862 Å². The van der Waals surface area contributed by atoms with Crippen LogP contribution in [-0.2, 0) is 0 Å². The van der Waals surface area contributed by atoms with Crippen LogP contribution < -0.4 is 0 Å². The predicted octanol–water partition coefficient (Wildman–Crippen LogP) is 38.8. The van der Waals surface area contributed by atoms with Crippen LogP contribution in [0.4, 0.5) is 0 Å². The summed E-state index contributed by atoms with van der Waals surface area (Å²) in [7, 11) is 0. The van der Waals surface area contributed by atoms with Crippen LogP contribution in [0.2, 0.25) is 0 Å². The summed E-state index contributed by atoms with van der Waals surface area (Å²) in [6.07, 6.45) is 0. The lowest BCUT2D eigenvalue weighted by Gasteiger charge is -2.12. The molecule has 0 radical (unpaired) electrons. The van der Waals surface area contributed by atoms with Crippen molar-refractivity contribution >= 4 is 281 Å².